The average molecular weight is 394 g/mol. The smallest absolute Gasteiger partial charge is 0.410 e. The predicted octanol–water partition coefficient (Wildman–Crippen LogP) is 1.93. The standard InChI is InChI=1S/C20H35N5O3/c1-20(2,3)28-19(26)25-14-12-24(13-15-25)11-6-9-22-18(21-4)23-10-8-17-7-5-16-27-17/h5,7,16H,6,8-15H2,1-4H3,(H2,21,22,23). The average Bonchev–Trinajstić information content (AvgIpc) is 3.16. The molecule has 0 aromatic carbocycles. The number of hydrogen-bond donors (Lipinski definition) is 2. The van der Waals surface area contributed by atoms with E-state index >= 15 is 0 Å². The largest absolute Gasteiger partial charge is 0.469 e. The van der Waals surface area contributed by atoms with Crippen molar-refractivity contribution < 1.29 is 13.9 Å². The van der Waals surface area contributed by atoms with Gasteiger partial charge in [-0.05, 0) is 45.9 Å². The second-order valence-electron chi connectivity index (χ2n) is 7.92. The molecule has 28 heavy (non-hydrogen) atoms. The van der Waals surface area contributed by atoms with E-state index in [1.807, 2.05) is 32.9 Å². The molecule has 0 aliphatic carbocycles. The number of piperazine rings is 1. The molecule has 8 nitrogen and oxygen atoms in total. The molecule has 0 atom stereocenters. The fourth-order valence-electron chi connectivity index (χ4n) is 2.97. The molecular formula is C20H35N5O3. The number of rotatable bonds is 7. The molecule has 0 spiro atoms. The Labute approximate surface area is 168 Å². The maximum Gasteiger partial charge on any atom is 0.410 e. The lowest BCUT2D eigenvalue weighted by Gasteiger charge is -2.35. The van der Waals surface area contributed by atoms with E-state index in [-0.39, 0.29) is 6.09 Å². The number of nitrogens with zero attached hydrogens (tertiary/aromatic N) is 3. The third-order valence-corrected chi connectivity index (χ3v) is 4.44. The van der Waals surface area contributed by atoms with Crippen LogP contribution >= 0.6 is 0 Å². The van der Waals surface area contributed by atoms with Crippen LogP contribution in [0, 0.1) is 0 Å². The number of furan rings is 1. The van der Waals surface area contributed by atoms with Crippen molar-refractivity contribution in [3.05, 3.63) is 24.2 Å². The Hall–Kier alpha value is -2.22. The Balaban J connectivity index is 1.55. The Bertz CT molecular complexity index is 602. The van der Waals surface area contributed by atoms with Crippen LogP contribution in [0.25, 0.3) is 0 Å². The van der Waals surface area contributed by atoms with Crippen molar-refractivity contribution in [2.45, 2.75) is 39.2 Å². The lowest BCUT2D eigenvalue weighted by molar-refractivity contribution is 0.0145. The number of carbonyl (C=O) groups excluding carboxylic acids is 1. The highest BCUT2D eigenvalue weighted by Crippen LogP contribution is 2.11. The Morgan fingerprint density at radius 3 is 2.54 bits per heavy atom. The summed E-state index contributed by atoms with van der Waals surface area (Å²) in [5.41, 5.74) is -0.440. The topological polar surface area (TPSA) is 82.3 Å². The molecule has 2 N–H and O–H groups in total. The first-order valence-corrected chi connectivity index (χ1v) is 10.0. The van der Waals surface area contributed by atoms with E-state index in [0.29, 0.717) is 0 Å². The summed E-state index contributed by atoms with van der Waals surface area (Å²) in [5.74, 6) is 1.77. The molecule has 158 valence electrons. The third-order valence-electron chi connectivity index (χ3n) is 4.44. The number of guanidine groups is 1. The van der Waals surface area contributed by atoms with Crippen LogP contribution in [0.1, 0.15) is 33.0 Å². The van der Waals surface area contributed by atoms with Crippen LogP contribution in [0.2, 0.25) is 0 Å². The van der Waals surface area contributed by atoms with E-state index in [4.69, 9.17) is 9.15 Å². The van der Waals surface area contributed by atoms with Crippen molar-refractivity contribution >= 4 is 12.1 Å². The highest BCUT2D eigenvalue weighted by Gasteiger charge is 2.25. The van der Waals surface area contributed by atoms with Gasteiger partial charge in [0.2, 0.25) is 0 Å². The van der Waals surface area contributed by atoms with Gasteiger partial charge in [-0.2, -0.15) is 0 Å². The normalized spacial score (nSPS) is 16.1. The molecule has 0 unspecified atom stereocenters. The van der Waals surface area contributed by atoms with Crippen molar-refractivity contribution in [1.29, 1.82) is 0 Å². The summed E-state index contributed by atoms with van der Waals surface area (Å²) in [7, 11) is 1.78. The quantitative estimate of drug-likeness (QED) is 0.418. The summed E-state index contributed by atoms with van der Waals surface area (Å²) in [6.07, 6.45) is 3.33. The minimum absolute atomic E-state index is 0.210. The molecule has 1 aliphatic rings. The monoisotopic (exact) mass is 393 g/mol. The number of carbonyl (C=O) groups is 1. The fraction of sp³-hybridized carbons (Fsp3) is 0.700. The SMILES string of the molecule is CN=C(NCCCN1CCN(C(=O)OC(C)(C)C)CC1)NCCc1ccco1. The molecule has 8 heteroatoms. The molecule has 1 aromatic heterocycles. The summed E-state index contributed by atoms with van der Waals surface area (Å²) in [6, 6.07) is 3.87. The lowest BCUT2D eigenvalue weighted by Crippen LogP contribution is -2.50. The molecule has 2 rings (SSSR count). The van der Waals surface area contributed by atoms with Gasteiger partial charge in [-0.1, -0.05) is 0 Å². The van der Waals surface area contributed by atoms with E-state index in [1.54, 1.807) is 18.2 Å². The van der Waals surface area contributed by atoms with E-state index in [0.717, 1.165) is 70.4 Å². The van der Waals surface area contributed by atoms with Crippen molar-refractivity contribution in [2.24, 2.45) is 4.99 Å². The van der Waals surface area contributed by atoms with E-state index in [2.05, 4.69) is 20.5 Å². The minimum Gasteiger partial charge on any atom is -0.469 e. The van der Waals surface area contributed by atoms with Gasteiger partial charge in [-0.25, -0.2) is 4.79 Å². The van der Waals surface area contributed by atoms with Crippen LogP contribution in [0.5, 0.6) is 0 Å². The number of amides is 1. The minimum atomic E-state index is -0.440. The van der Waals surface area contributed by atoms with Gasteiger partial charge < -0.3 is 24.7 Å². The molecule has 0 saturated carbocycles. The molecule has 1 fully saturated rings. The van der Waals surface area contributed by atoms with Gasteiger partial charge in [0.15, 0.2) is 5.96 Å². The summed E-state index contributed by atoms with van der Waals surface area (Å²) in [5, 5.41) is 6.63. The van der Waals surface area contributed by atoms with Gasteiger partial charge in [0.1, 0.15) is 11.4 Å². The van der Waals surface area contributed by atoms with E-state index in [1.165, 1.54) is 0 Å². The second-order valence-corrected chi connectivity index (χ2v) is 7.92. The van der Waals surface area contributed by atoms with Gasteiger partial charge in [0.05, 0.1) is 6.26 Å². The molecule has 1 amide bonds. The van der Waals surface area contributed by atoms with Crippen LogP contribution in [0.4, 0.5) is 4.79 Å². The first kappa shape index (κ1) is 22.1. The third kappa shape index (κ3) is 8.21. The van der Waals surface area contributed by atoms with Gasteiger partial charge in [-0.15, -0.1) is 0 Å². The van der Waals surface area contributed by atoms with Gasteiger partial charge in [0.25, 0.3) is 0 Å². The zero-order valence-corrected chi connectivity index (χ0v) is 17.7. The van der Waals surface area contributed by atoms with Crippen molar-refractivity contribution in [3.8, 4) is 0 Å². The fourth-order valence-corrected chi connectivity index (χ4v) is 2.97. The number of ether oxygens (including phenoxy) is 1. The zero-order valence-electron chi connectivity index (χ0n) is 17.7. The lowest BCUT2D eigenvalue weighted by atomic mass is 10.2. The van der Waals surface area contributed by atoms with E-state index < -0.39 is 5.60 Å². The molecule has 1 aliphatic heterocycles. The van der Waals surface area contributed by atoms with Gasteiger partial charge in [0, 0.05) is 52.7 Å². The van der Waals surface area contributed by atoms with Crippen molar-refractivity contribution in [3.63, 3.8) is 0 Å². The number of hydrogen-bond acceptors (Lipinski definition) is 5. The first-order chi connectivity index (χ1) is 13.4. The Morgan fingerprint density at radius 1 is 1.21 bits per heavy atom. The van der Waals surface area contributed by atoms with Crippen molar-refractivity contribution in [2.75, 3.05) is 52.9 Å². The molecular weight excluding hydrogens is 358 g/mol. The Morgan fingerprint density at radius 2 is 1.93 bits per heavy atom. The van der Waals surface area contributed by atoms with Crippen LogP contribution < -0.4 is 10.6 Å². The van der Waals surface area contributed by atoms with Gasteiger partial charge >= 0.3 is 6.09 Å². The number of aliphatic imine (C=N–C) groups is 1. The van der Waals surface area contributed by atoms with Gasteiger partial charge in [-0.3, -0.25) is 9.89 Å². The first-order valence-electron chi connectivity index (χ1n) is 10.0. The maximum atomic E-state index is 12.1. The molecule has 1 aromatic rings. The highest BCUT2D eigenvalue weighted by atomic mass is 16.6. The number of nitrogens with one attached hydrogen (secondary N) is 2. The molecule has 0 radical (unpaired) electrons. The molecule has 1 saturated heterocycles. The van der Waals surface area contributed by atoms with E-state index in [9.17, 15) is 4.79 Å². The van der Waals surface area contributed by atoms with Crippen LogP contribution in [-0.4, -0.2) is 80.3 Å². The summed E-state index contributed by atoms with van der Waals surface area (Å²) in [4.78, 5) is 20.5. The predicted molar refractivity (Wildman–Crippen MR) is 111 cm³/mol. The Kier molecular flexibility index (Phi) is 8.63. The zero-order chi connectivity index (χ0) is 20.4. The van der Waals surface area contributed by atoms with Crippen LogP contribution in [0.15, 0.2) is 27.8 Å². The molecule has 2 heterocycles. The van der Waals surface area contributed by atoms with Crippen LogP contribution in [0.3, 0.4) is 0 Å². The summed E-state index contributed by atoms with van der Waals surface area (Å²) in [6.45, 7) is 11.5. The summed E-state index contributed by atoms with van der Waals surface area (Å²) >= 11 is 0. The maximum absolute atomic E-state index is 12.1. The van der Waals surface area contributed by atoms with Crippen LogP contribution in [-0.2, 0) is 11.2 Å². The molecule has 0 bridgehead atoms. The summed E-state index contributed by atoms with van der Waals surface area (Å²) < 4.78 is 10.8. The highest BCUT2D eigenvalue weighted by molar-refractivity contribution is 5.79. The second kappa shape index (κ2) is 10.9. The van der Waals surface area contributed by atoms with Crippen molar-refractivity contribution in [1.82, 2.24) is 20.4 Å².